The van der Waals surface area contributed by atoms with Gasteiger partial charge in [0.1, 0.15) is 0 Å². The number of hydrogen-bond acceptors (Lipinski definition) is 3. The Bertz CT molecular complexity index is 723. The van der Waals surface area contributed by atoms with Gasteiger partial charge < -0.3 is 5.73 Å². The molecule has 0 fully saturated rings. The van der Waals surface area contributed by atoms with E-state index < -0.39 is 0 Å². The lowest BCUT2D eigenvalue weighted by atomic mass is 10.00. The Balaban J connectivity index is 2.26. The van der Waals surface area contributed by atoms with Crippen LogP contribution in [0.2, 0.25) is 0 Å². The molecule has 2 heterocycles. The van der Waals surface area contributed by atoms with Crippen molar-refractivity contribution in [1.29, 1.82) is 0 Å². The number of nitrogen functional groups attached to an aromatic ring is 1. The summed E-state index contributed by atoms with van der Waals surface area (Å²) in [7, 11) is 1.91. The van der Waals surface area contributed by atoms with Crippen LogP contribution >= 0.6 is 0 Å². The zero-order valence-electron chi connectivity index (χ0n) is 11.1. The van der Waals surface area contributed by atoms with Crippen molar-refractivity contribution in [2.45, 2.75) is 19.8 Å². The van der Waals surface area contributed by atoms with Crippen LogP contribution in [0, 0.1) is 0 Å². The molecule has 1 aromatic carbocycles. The Morgan fingerprint density at radius 2 is 2.21 bits per heavy atom. The minimum absolute atomic E-state index is 0.554. The molecule has 0 aliphatic heterocycles. The molecule has 0 unspecified atom stereocenters. The number of hydrogen-bond donors (Lipinski definition) is 2. The molecule has 0 amide bonds. The van der Waals surface area contributed by atoms with E-state index in [4.69, 9.17) is 5.73 Å². The largest absolute Gasteiger partial charge is 0.382 e. The molecule has 0 bridgehead atoms. The van der Waals surface area contributed by atoms with E-state index in [9.17, 15) is 0 Å². The van der Waals surface area contributed by atoms with Gasteiger partial charge in [-0.25, -0.2) is 0 Å². The summed E-state index contributed by atoms with van der Waals surface area (Å²) >= 11 is 0. The molecule has 0 aliphatic carbocycles. The van der Waals surface area contributed by atoms with E-state index in [2.05, 4.69) is 34.4 Å². The highest BCUT2D eigenvalue weighted by Gasteiger charge is 2.12. The maximum atomic E-state index is 5.93. The van der Waals surface area contributed by atoms with Gasteiger partial charge in [-0.15, -0.1) is 0 Å². The first-order chi connectivity index (χ1) is 9.19. The Morgan fingerprint density at radius 1 is 1.37 bits per heavy atom. The Kier molecular flexibility index (Phi) is 2.74. The Morgan fingerprint density at radius 3 is 2.89 bits per heavy atom. The summed E-state index contributed by atoms with van der Waals surface area (Å²) in [5.74, 6) is 0.554. The normalized spacial score (nSPS) is 11.3. The van der Waals surface area contributed by atoms with E-state index >= 15 is 0 Å². The second-order valence-electron chi connectivity index (χ2n) is 4.83. The summed E-state index contributed by atoms with van der Waals surface area (Å²) in [5.41, 5.74) is 10.4. The van der Waals surface area contributed by atoms with Crippen molar-refractivity contribution in [1.82, 2.24) is 20.0 Å². The molecule has 0 aliphatic rings. The molecule has 5 nitrogen and oxygen atoms in total. The third-order valence-electron chi connectivity index (χ3n) is 3.32. The molecular formula is C14H17N5. The van der Waals surface area contributed by atoms with E-state index in [0.29, 0.717) is 5.82 Å². The first-order valence-corrected chi connectivity index (χ1v) is 6.44. The highest BCUT2D eigenvalue weighted by molar-refractivity contribution is 5.99. The lowest BCUT2D eigenvalue weighted by Gasteiger charge is -2.05. The van der Waals surface area contributed by atoms with Gasteiger partial charge in [-0.3, -0.25) is 9.78 Å². The number of benzene rings is 1. The fourth-order valence-corrected chi connectivity index (χ4v) is 2.42. The van der Waals surface area contributed by atoms with Crippen molar-refractivity contribution in [2.24, 2.45) is 7.05 Å². The van der Waals surface area contributed by atoms with E-state index in [-0.39, 0.29) is 0 Å². The summed E-state index contributed by atoms with van der Waals surface area (Å²) in [6.45, 7) is 2.17. The summed E-state index contributed by atoms with van der Waals surface area (Å²) in [6, 6.07) is 4.32. The van der Waals surface area contributed by atoms with Crippen molar-refractivity contribution in [3.05, 3.63) is 30.1 Å². The SMILES string of the molecule is CCCc1cc(-c2cnn(C)c2)c2[nH]nc(N)c2c1. The van der Waals surface area contributed by atoms with Crippen molar-refractivity contribution in [3.8, 4) is 11.1 Å². The van der Waals surface area contributed by atoms with Gasteiger partial charge in [-0.2, -0.15) is 10.2 Å². The van der Waals surface area contributed by atoms with E-state index in [1.165, 1.54) is 5.56 Å². The molecule has 2 aromatic heterocycles. The lowest BCUT2D eigenvalue weighted by molar-refractivity contribution is 0.768. The van der Waals surface area contributed by atoms with Gasteiger partial charge in [-0.05, 0) is 24.1 Å². The van der Waals surface area contributed by atoms with Crippen molar-refractivity contribution in [2.75, 3.05) is 5.73 Å². The molecule has 3 N–H and O–H groups in total. The minimum Gasteiger partial charge on any atom is -0.382 e. The molecule has 0 spiro atoms. The summed E-state index contributed by atoms with van der Waals surface area (Å²) < 4.78 is 1.80. The molecule has 98 valence electrons. The predicted octanol–water partition coefficient (Wildman–Crippen LogP) is 2.50. The number of nitrogens with one attached hydrogen (secondary N) is 1. The quantitative estimate of drug-likeness (QED) is 0.755. The third-order valence-corrected chi connectivity index (χ3v) is 3.32. The van der Waals surface area contributed by atoms with E-state index in [1.807, 2.05) is 19.4 Å². The van der Waals surface area contributed by atoms with E-state index in [0.717, 1.165) is 34.9 Å². The van der Waals surface area contributed by atoms with Gasteiger partial charge >= 0.3 is 0 Å². The number of nitrogens with two attached hydrogens (primary N) is 1. The summed E-state index contributed by atoms with van der Waals surface area (Å²) in [5, 5.41) is 12.4. The molecule has 3 rings (SSSR count). The van der Waals surface area contributed by atoms with Crippen LogP contribution in [0.1, 0.15) is 18.9 Å². The standard InChI is InChI=1S/C14H17N5/c1-3-4-9-5-11(10-7-16-19(2)8-10)13-12(6-9)14(15)18-17-13/h5-8H,3-4H2,1-2H3,(H3,15,17,18). The average Bonchev–Trinajstić information content (AvgIpc) is 2.97. The number of anilines is 1. The van der Waals surface area contributed by atoms with Gasteiger partial charge in [-0.1, -0.05) is 13.3 Å². The fraction of sp³-hybridized carbons (Fsp3) is 0.286. The average molecular weight is 255 g/mol. The van der Waals surface area contributed by atoms with Gasteiger partial charge in [0.05, 0.1) is 11.7 Å². The van der Waals surface area contributed by atoms with Gasteiger partial charge in [0.15, 0.2) is 5.82 Å². The van der Waals surface area contributed by atoms with Crippen LogP contribution in [0.25, 0.3) is 22.0 Å². The number of aromatic amines is 1. The van der Waals surface area contributed by atoms with Crippen LogP contribution in [-0.2, 0) is 13.5 Å². The number of rotatable bonds is 3. The lowest BCUT2D eigenvalue weighted by Crippen LogP contribution is -1.89. The zero-order valence-corrected chi connectivity index (χ0v) is 11.1. The van der Waals surface area contributed by atoms with Crippen molar-refractivity contribution >= 4 is 16.7 Å². The predicted molar refractivity (Wildman–Crippen MR) is 76.7 cm³/mol. The molecule has 0 saturated carbocycles. The summed E-state index contributed by atoms with van der Waals surface area (Å²) in [4.78, 5) is 0. The monoisotopic (exact) mass is 255 g/mol. The Labute approximate surface area is 111 Å². The number of aryl methyl sites for hydroxylation is 2. The first-order valence-electron chi connectivity index (χ1n) is 6.44. The van der Waals surface area contributed by atoms with Gasteiger partial charge in [0, 0.05) is 29.8 Å². The van der Waals surface area contributed by atoms with Gasteiger partial charge in [0.2, 0.25) is 0 Å². The number of nitrogens with zero attached hydrogens (tertiary/aromatic N) is 3. The van der Waals surface area contributed by atoms with Crippen LogP contribution in [0.15, 0.2) is 24.5 Å². The molecular weight excluding hydrogens is 238 g/mol. The molecule has 0 atom stereocenters. The van der Waals surface area contributed by atoms with Crippen molar-refractivity contribution < 1.29 is 0 Å². The topological polar surface area (TPSA) is 72.5 Å². The maximum Gasteiger partial charge on any atom is 0.153 e. The second kappa shape index (κ2) is 4.42. The first kappa shape index (κ1) is 11.8. The van der Waals surface area contributed by atoms with Gasteiger partial charge in [0.25, 0.3) is 0 Å². The number of H-pyrrole nitrogens is 1. The zero-order chi connectivity index (χ0) is 13.4. The molecule has 0 radical (unpaired) electrons. The highest BCUT2D eigenvalue weighted by Crippen LogP contribution is 2.31. The van der Waals surface area contributed by atoms with Crippen molar-refractivity contribution in [3.63, 3.8) is 0 Å². The summed E-state index contributed by atoms with van der Waals surface area (Å²) in [6.07, 6.45) is 6.01. The van der Waals surface area contributed by atoms with Crippen LogP contribution in [-0.4, -0.2) is 20.0 Å². The molecule has 19 heavy (non-hydrogen) atoms. The number of aromatic nitrogens is 4. The van der Waals surface area contributed by atoms with Crippen LogP contribution in [0.5, 0.6) is 0 Å². The van der Waals surface area contributed by atoms with E-state index in [1.54, 1.807) is 4.68 Å². The van der Waals surface area contributed by atoms with Crippen LogP contribution in [0.3, 0.4) is 0 Å². The molecule has 0 saturated heterocycles. The third kappa shape index (κ3) is 1.97. The molecule has 3 aromatic rings. The van der Waals surface area contributed by atoms with Crippen LogP contribution < -0.4 is 5.73 Å². The number of fused-ring (bicyclic) bond motifs is 1. The Hall–Kier alpha value is -2.30. The highest BCUT2D eigenvalue weighted by atomic mass is 15.2. The minimum atomic E-state index is 0.554. The van der Waals surface area contributed by atoms with Crippen LogP contribution in [0.4, 0.5) is 5.82 Å². The maximum absolute atomic E-state index is 5.93. The molecule has 5 heteroatoms. The smallest absolute Gasteiger partial charge is 0.153 e. The second-order valence-corrected chi connectivity index (χ2v) is 4.83. The fourth-order valence-electron chi connectivity index (χ4n) is 2.42.